The largest absolute Gasteiger partial charge is 0.497 e. The van der Waals surface area contributed by atoms with Crippen molar-refractivity contribution in [3.05, 3.63) is 29.3 Å². The smallest absolute Gasteiger partial charge is 0.416 e. The fourth-order valence-electron chi connectivity index (χ4n) is 1.26. The van der Waals surface area contributed by atoms with Gasteiger partial charge in [0.1, 0.15) is 5.75 Å². The van der Waals surface area contributed by atoms with Crippen LogP contribution in [0.15, 0.2) is 18.2 Å². The van der Waals surface area contributed by atoms with E-state index in [9.17, 15) is 21.6 Å². The average molecular weight is 283 g/mol. The van der Waals surface area contributed by atoms with Crippen LogP contribution in [0.2, 0.25) is 0 Å². The van der Waals surface area contributed by atoms with Crippen molar-refractivity contribution in [1.82, 2.24) is 4.72 Å². The Labute approximate surface area is 103 Å². The van der Waals surface area contributed by atoms with Gasteiger partial charge in [0.15, 0.2) is 0 Å². The second-order valence-corrected chi connectivity index (χ2v) is 5.49. The molecule has 18 heavy (non-hydrogen) atoms. The molecule has 1 N–H and O–H groups in total. The number of halogens is 3. The summed E-state index contributed by atoms with van der Waals surface area (Å²) in [5.74, 6) is 0.0233. The predicted octanol–water partition coefficient (Wildman–Crippen LogP) is 1.76. The summed E-state index contributed by atoms with van der Waals surface area (Å²) in [7, 11) is -2.22. The molecule has 0 aliphatic heterocycles. The van der Waals surface area contributed by atoms with Gasteiger partial charge in [0.2, 0.25) is 10.0 Å². The standard InChI is InChI=1S/C10H12F3NO3S/c1-17-9-4-7(6-14-18(2,15)16)3-8(5-9)10(11,12)13/h3-5,14H,6H2,1-2H3. The molecule has 0 atom stereocenters. The van der Waals surface area contributed by atoms with Crippen LogP contribution in [-0.2, 0) is 22.7 Å². The zero-order valence-electron chi connectivity index (χ0n) is 9.71. The van der Waals surface area contributed by atoms with Crippen molar-refractivity contribution >= 4 is 10.0 Å². The third-order valence-electron chi connectivity index (χ3n) is 2.07. The van der Waals surface area contributed by atoms with E-state index in [0.29, 0.717) is 0 Å². The number of benzene rings is 1. The molecule has 0 amide bonds. The zero-order valence-corrected chi connectivity index (χ0v) is 10.5. The number of ether oxygens (including phenoxy) is 1. The summed E-state index contributed by atoms with van der Waals surface area (Å²) >= 11 is 0. The summed E-state index contributed by atoms with van der Waals surface area (Å²) in [4.78, 5) is 0. The fraction of sp³-hybridized carbons (Fsp3) is 0.400. The molecule has 0 aromatic heterocycles. The number of sulfonamides is 1. The Morgan fingerprint density at radius 1 is 1.28 bits per heavy atom. The van der Waals surface area contributed by atoms with Crippen LogP contribution in [0, 0.1) is 0 Å². The van der Waals surface area contributed by atoms with Gasteiger partial charge in [0, 0.05) is 6.54 Å². The van der Waals surface area contributed by atoms with Crippen LogP contribution >= 0.6 is 0 Å². The number of hydrogen-bond donors (Lipinski definition) is 1. The van der Waals surface area contributed by atoms with E-state index >= 15 is 0 Å². The van der Waals surface area contributed by atoms with Crippen LogP contribution in [-0.4, -0.2) is 21.8 Å². The highest BCUT2D eigenvalue weighted by Gasteiger charge is 2.31. The summed E-state index contributed by atoms with van der Waals surface area (Å²) < 4.78 is 66.3. The first-order chi connectivity index (χ1) is 8.12. The summed E-state index contributed by atoms with van der Waals surface area (Å²) in [6.07, 6.45) is -3.58. The molecule has 0 fully saturated rings. The third kappa shape index (κ3) is 4.53. The van der Waals surface area contributed by atoms with Gasteiger partial charge in [-0.2, -0.15) is 13.2 Å². The molecule has 8 heteroatoms. The molecule has 0 saturated carbocycles. The average Bonchev–Trinajstić information content (AvgIpc) is 2.24. The zero-order chi connectivity index (χ0) is 14.0. The Hall–Kier alpha value is -1.28. The molecule has 0 radical (unpaired) electrons. The Kier molecular flexibility index (Phi) is 4.23. The van der Waals surface area contributed by atoms with E-state index in [2.05, 4.69) is 4.72 Å². The molecule has 0 spiro atoms. The lowest BCUT2D eigenvalue weighted by atomic mass is 10.1. The maximum Gasteiger partial charge on any atom is 0.416 e. The molecule has 102 valence electrons. The van der Waals surface area contributed by atoms with E-state index in [4.69, 9.17) is 4.74 Å². The summed E-state index contributed by atoms with van der Waals surface area (Å²) in [6, 6.07) is 3.07. The van der Waals surface area contributed by atoms with Gasteiger partial charge < -0.3 is 4.74 Å². The minimum atomic E-state index is -4.51. The minimum absolute atomic E-state index is 0.0233. The van der Waals surface area contributed by atoms with Crippen LogP contribution in [0.4, 0.5) is 13.2 Å². The van der Waals surface area contributed by atoms with Gasteiger partial charge in [-0.3, -0.25) is 0 Å². The van der Waals surface area contributed by atoms with Gasteiger partial charge >= 0.3 is 6.18 Å². The minimum Gasteiger partial charge on any atom is -0.497 e. The second kappa shape index (κ2) is 5.15. The van der Waals surface area contributed by atoms with E-state index in [1.807, 2.05) is 0 Å². The van der Waals surface area contributed by atoms with Crippen molar-refractivity contribution in [1.29, 1.82) is 0 Å². The first kappa shape index (κ1) is 14.8. The van der Waals surface area contributed by atoms with E-state index in [1.165, 1.54) is 13.2 Å². The summed E-state index contributed by atoms with van der Waals surface area (Å²) in [6.45, 7) is -0.223. The Balaban J connectivity index is 3.05. The van der Waals surface area contributed by atoms with Crippen LogP contribution in [0.5, 0.6) is 5.75 Å². The monoisotopic (exact) mass is 283 g/mol. The maximum absolute atomic E-state index is 12.6. The first-order valence-corrected chi connectivity index (χ1v) is 6.71. The number of rotatable bonds is 4. The highest BCUT2D eigenvalue weighted by molar-refractivity contribution is 7.88. The lowest BCUT2D eigenvalue weighted by Crippen LogP contribution is -2.21. The van der Waals surface area contributed by atoms with E-state index < -0.39 is 21.8 Å². The fourth-order valence-corrected chi connectivity index (χ4v) is 1.69. The lowest BCUT2D eigenvalue weighted by molar-refractivity contribution is -0.137. The molecule has 0 aliphatic rings. The maximum atomic E-state index is 12.6. The van der Waals surface area contributed by atoms with Crippen LogP contribution in [0.3, 0.4) is 0 Å². The van der Waals surface area contributed by atoms with Gasteiger partial charge in [0.25, 0.3) is 0 Å². The number of alkyl halides is 3. The van der Waals surface area contributed by atoms with Crippen LogP contribution < -0.4 is 9.46 Å². The second-order valence-electron chi connectivity index (χ2n) is 3.66. The van der Waals surface area contributed by atoms with Crippen LogP contribution in [0.1, 0.15) is 11.1 Å². The SMILES string of the molecule is COc1cc(CNS(C)(=O)=O)cc(C(F)(F)F)c1. The van der Waals surface area contributed by atoms with E-state index in [-0.39, 0.29) is 17.9 Å². The number of methoxy groups -OCH3 is 1. The van der Waals surface area contributed by atoms with Gasteiger partial charge in [-0.25, -0.2) is 13.1 Å². The quantitative estimate of drug-likeness (QED) is 0.916. The number of hydrogen-bond acceptors (Lipinski definition) is 3. The van der Waals surface area contributed by atoms with E-state index in [1.54, 1.807) is 0 Å². The molecule has 0 heterocycles. The van der Waals surface area contributed by atoms with Crippen molar-refractivity contribution in [2.24, 2.45) is 0 Å². The molecule has 0 saturated heterocycles. The van der Waals surface area contributed by atoms with Gasteiger partial charge in [-0.05, 0) is 23.8 Å². The van der Waals surface area contributed by atoms with Crippen molar-refractivity contribution in [3.63, 3.8) is 0 Å². The van der Waals surface area contributed by atoms with Crippen molar-refractivity contribution < 1.29 is 26.3 Å². The molecular weight excluding hydrogens is 271 g/mol. The summed E-state index contributed by atoms with van der Waals surface area (Å²) in [5.41, 5.74) is -0.709. The van der Waals surface area contributed by atoms with E-state index in [0.717, 1.165) is 18.4 Å². The highest BCUT2D eigenvalue weighted by Crippen LogP contribution is 2.32. The van der Waals surface area contributed by atoms with Crippen LogP contribution in [0.25, 0.3) is 0 Å². The summed E-state index contributed by atoms with van der Waals surface area (Å²) in [5, 5.41) is 0. The molecule has 1 rings (SSSR count). The molecular formula is C10H12F3NO3S. The predicted molar refractivity (Wildman–Crippen MR) is 59.7 cm³/mol. The topological polar surface area (TPSA) is 55.4 Å². The van der Waals surface area contributed by atoms with Gasteiger partial charge in [-0.1, -0.05) is 0 Å². The van der Waals surface area contributed by atoms with Crippen molar-refractivity contribution in [2.75, 3.05) is 13.4 Å². The molecule has 0 aliphatic carbocycles. The molecule has 1 aromatic rings. The lowest BCUT2D eigenvalue weighted by Gasteiger charge is -2.11. The first-order valence-electron chi connectivity index (χ1n) is 4.81. The molecule has 4 nitrogen and oxygen atoms in total. The van der Waals surface area contributed by atoms with Gasteiger partial charge in [0.05, 0.1) is 18.9 Å². The van der Waals surface area contributed by atoms with Gasteiger partial charge in [-0.15, -0.1) is 0 Å². The Morgan fingerprint density at radius 2 is 1.89 bits per heavy atom. The number of nitrogens with one attached hydrogen (secondary N) is 1. The third-order valence-corrected chi connectivity index (χ3v) is 2.74. The van der Waals surface area contributed by atoms with Crippen molar-refractivity contribution in [2.45, 2.75) is 12.7 Å². The normalized spacial score (nSPS) is 12.5. The highest BCUT2D eigenvalue weighted by atomic mass is 32.2. The molecule has 1 aromatic carbocycles. The molecule has 0 unspecified atom stereocenters. The van der Waals surface area contributed by atoms with Crippen molar-refractivity contribution in [3.8, 4) is 5.75 Å². The Bertz CT molecular complexity index is 526. The Morgan fingerprint density at radius 3 is 2.33 bits per heavy atom. The molecule has 0 bridgehead atoms.